The van der Waals surface area contributed by atoms with Crippen molar-refractivity contribution < 1.29 is 9.90 Å². The fourth-order valence-electron chi connectivity index (χ4n) is 3.91. The normalized spacial score (nSPS) is 19.9. The van der Waals surface area contributed by atoms with Crippen LogP contribution in [0.3, 0.4) is 0 Å². The van der Waals surface area contributed by atoms with E-state index in [1.807, 2.05) is 18.2 Å². The maximum absolute atomic E-state index is 11.7. The number of carbonyl (C=O) groups excluding carboxylic acids is 1. The van der Waals surface area contributed by atoms with Crippen molar-refractivity contribution in [2.24, 2.45) is 0 Å². The number of rotatable bonds is 4. The van der Waals surface area contributed by atoms with Crippen LogP contribution in [0.25, 0.3) is 10.9 Å². The molecule has 0 saturated carbocycles. The Morgan fingerprint density at radius 1 is 1.25 bits per heavy atom. The minimum Gasteiger partial charge on any atom is -0.390 e. The van der Waals surface area contributed by atoms with E-state index in [2.05, 4.69) is 9.88 Å². The van der Waals surface area contributed by atoms with E-state index in [1.54, 1.807) is 4.90 Å². The molecule has 2 aromatic rings. The molecule has 1 aromatic heterocycles. The number of benzene rings is 1. The van der Waals surface area contributed by atoms with Gasteiger partial charge in [0.2, 0.25) is 5.91 Å². The number of hydrogen-bond donors (Lipinski definition) is 2. The molecule has 0 bridgehead atoms. The molecule has 1 aromatic carbocycles. The molecular formula is C18H22ClN3O2. The summed E-state index contributed by atoms with van der Waals surface area (Å²) in [6.07, 6.45) is 1.98. The molecule has 5 nitrogen and oxygen atoms in total. The van der Waals surface area contributed by atoms with Gasteiger partial charge in [-0.2, -0.15) is 0 Å². The molecule has 1 unspecified atom stereocenters. The van der Waals surface area contributed by atoms with Crippen molar-refractivity contribution in [2.75, 3.05) is 26.2 Å². The van der Waals surface area contributed by atoms with Gasteiger partial charge in [0.15, 0.2) is 0 Å². The zero-order chi connectivity index (χ0) is 16.7. The van der Waals surface area contributed by atoms with Crippen LogP contribution in [0.5, 0.6) is 0 Å². The second-order valence-electron chi connectivity index (χ2n) is 6.85. The van der Waals surface area contributed by atoms with Gasteiger partial charge in [-0.3, -0.25) is 9.69 Å². The van der Waals surface area contributed by atoms with E-state index in [0.717, 1.165) is 43.0 Å². The number of aliphatic hydroxyl groups is 1. The number of carbonyl (C=O) groups is 1. The summed E-state index contributed by atoms with van der Waals surface area (Å²) < 4.78 is 0. The lowest BCUT2D eigenvalue weighted by molar-refractivity contribution is -0.129. The van der Waals surface area contributed by atoms with Crippen molar-refractivity contribution in [1.82, 2.24) is 14.8 Å². The number of β-amino-alcohol motifs (C(OH)–C–C–N with tert-alkyl or cyclic N) is 1. The molecule has 0 aliphatic carbocycles. The second kappa shape index (κ2) is 6.39. The fourth-order valence-corrected chi connectivity index (χ4v) is 4.08. The SMILES string of the molecule is O=C1CCCN1CC(O)CN1CCc2[nH]c3ccc(Cl)cc3c2C1. The first-order valence-electron chi connectivity index (χ1n) is 8.57. The minimum atomic E-state index is -0.498. The number of hydrogen-bond acceptors (Lipinski definition) is 3. The lowest BCUT2D eigenvalue weighted by Gasteiger charge is -2.30. The summed E-state index contributed by atoms with van der Waals surface area (Å²) in [7, 11) is 0. The topological polar surface area (TPSA) is 59.6 Å². The number of halogens is 1. The highest BCUT2D eigenvalue weighted by molar-refractivity contribution is 6.31. The van der Waals surface area contributed by atoms with Crippen LogP contribution in [-0.2, 0) is 17.8 Å². The molecule has 4 rings (SSSR count). The molecule has 24 heavy (non-hydrogen) atoms. The summed E-state index contributed by atoms with van der Waals surface area (Å²) in [6.45, 7) is 3.54. The van der Waals surface area contributed by atoms with Crippen LogP contribution in [0.4, 0.5) is 0 Å². The van der Waals surface area contributed by atoms with Gasteiger partial charge in [0.1, 0.15) is 0 Å². The van der Waals surface area contributed by atoms with Crippen molar-refractivity contribution in [2.45, 2.75) is 31.9 Å². The average Bonchev–Trinajstić information content (AvgIpc) is 3.11. The Bertz CT molecular complexity index is 773. The number of nitrogens with one attached hydrogen (secondary N) is 1. The van der Waals surface area contributed by atoms with E-state index in [1.165, 1.54) is 16.6 Å². The summed E-state index contributed by atoms with van der Waals surface area (Å²) in [6, 6.07) is 5.93. The van der Waals surface area contributed by atoms with Crippen LogP contribution in [0, 0.1) is 0 Å². The van der Waals surface area contributed by atoms with E-state index in [4.69, 9.17) is 11.6 Å². The van der Waals surface area contributed by atoms with Gasteiger partial charge in [-0.05, 0) is 30.2 Å². The lowest BCUT2D eigenvalue weighted by Crippen LogP contribution is -2.42. The second-order valence-corrected chi connectivity index (χ2v) is 7.29. The Morgan fingerprint density at radius 2 is 2.12 bits per heavy atom. The Morgan fingerprint density at radius 3 is 2.92 bits per heavy atom. The van der Waals surface area contributed by atoms with Gasteiger partial charge < -0.3 is 15.0 Å². The largest absolute Gasteiger partial charge is 0.390 e. The van der Waals surface area contributed by atoms with Gasteiger partial charge in [0.25, 0.3) is 0 Å². The lowest BCUT2D eigenvalue weighted by atomic mass is 10.0. The van der Waals surface area contributed by atoms with Crippen molar-refractivity contribution in [3.63, 3.8) is 0 Å². The number of aromatic amines is 1. The molecule has 128 valence electrons. The van der Waals surface area contributed by atoms with E-state index in [-0.39, 0.29) is 5.91 Å². The van der Waals surface area contributed by atoms with Crippen molar-refractivity contribution in [1.29, 1.82) is 0 Å². The molecule has 0 spiro atoms. The number of aliphatic hydroxyl groups excluding tert-OH is 1. The van der Waals surface area contributed by atoms with E-state index in [0.29, 0.717) is 19.5 Å². The number of likely N-dealkylation sites (tertiary alicyclic amines) is 1. The van der Waals surface area contributed by atoms with Gasteiger partial charge in [-0.1, -0.05) is 11.6 Å². The summed E-state index contributed by atoms with van der Waals surface area (Å²) in [5.41, 5.74) is 3.67. The molecular weight excluding hydrogens is 326 g/mol. The molecule has 1 fully saturated rings. The number of H-pyrrole nitrogens is 1. The van der Waals surface area contributed by atoms with Gasteiger partial charge >= 0.3 is 0 Å². The minimum absolute atomic E-state index is 0.168. The Hall–Kier alpha value is -1.56. The average molecular weight is 348 g/mol. The third-order valence-corrected chi connectivity index (χ3v) is 5.32. The first-order valence-corrected chi connectivity index (χ1v) is 8.95. The summed E-state index contributed by atoms with van der Waals surface area (Å²) in [5, 5.41) is 12.3. The van der Waals surface area contributed by atoms with Crippen LogP contribution >= 0.6 is 11.6 Å². The maximum atomic E-state index is 11.7. The highest BCUT2D eigenvalue weighted by Crippen LogP contribution is 2.29. The van der Waals surface area contributed by atoms with Gasteiger partial charge in [0.05, 0.1) is 6.10 Å². The van der Waals surface area contributed by atoms with Crippen molar-refractivity contribution >= 4 is 28.4 Å². The zero-order valence-corrected chi connectivity index (χ0v) is 14.4. The molecule has 6 heteroatoms. The first-order chi connectivity index (χ1) is 11.6. The maximum Gasteiger partial charge on any atom is 0.222 e. The number of fused-ring (bicyclic) bond motifs is 3. The first kappa shape index (κ1) is 15.9. The molecule has 1 atom stereocenters. The zero-order valence-electron chi connectivity index (χ0n) is 13.6. The third-order valence-electron chi connectivity index (χ3n) is 5.09. The van der Waals surface area contributed by atoms with E-state index in [9.17, 15) is 9.90 Å². The molecule has 3 heterocycles. The molecule has 2 N–H and O–H groups in total. The molecule has 1 saturated heterocycles. The van der Waals surface area contributed by atoms with Crippen LogP contribution in [0.2, 0.25) is 5.02 Å². The fraction of sp³-hybridized carbons (Fsp3) is 0.500. The summed E-state index contributed by atoms with van der Waals surface area (Å²) in [4.78, 5) is 19.2. The monoisotopic (exact) mass is 347 g/mol. The Kier molecular flexibility index (Phi) is 4.24. The van der Waals surface area contributed by atoms with Crippen LogP contribution in [-0.4, -0.2) is 58.1 Å². The van der Waals surface area contributed by atoms with Crippen LogP contribution in [0.1, 0.15) is 24.1 Å². The molecule has 2 aliphatic rings. The van der Waals surface area contributed by atoms with Crippen LogP contribution in [0.15, 0.2) is 18.2 Å². The standard InChI is InChI=1S/C18H22ClN3O2/c19-12-3-4-16-14(8-12)15-11-21(7-5-17(15)20-16)9-13(23)10-22-6-1-2-18(22)24/h3-4,8,13,20,23H,1-2,5-7,9-11H2. The number of nitrogens with zero attached hydrogens (tertiary/aromatic N) is 2. The van der Waals surface area contributed by atoms with Gasteiger partial charge in [-0.15, -0.1) is 0 Å². The van der Waals surface area contributed by atoms with Crippen molar-refractivity contribution in [3.05, 3.63) is 34.5 Å². The summed E-state index contributed by atoms with van der Waals surface area (Å²) in [5.74, 6) is 0.168. The quantitative estimate of drug-likeness (QED) is 0.891. The van der Waals surface area contributed by atoms with Crippen molar-refractivity contribution in [3.8, 4) is 0 Å². The molecule has 0 radical (unpaired) electrons. The summed E-state index contributed by atoms with van der Waals surface area (Å²) >= 11 is 6.14. The highest BCUT2D eigenvalue weighted by Gasteiger charge is 2.26. The number of amides is 1. The molecule has 2 aliphatic heterocycles. The van der Waals surface area contributed by atoms with E-state index < -0.39 is 6.10 Å². The Labute approximate surface area is 146 Å². The smallest absolute Gasteiger partial charge is 0.222 e. The molecule has 1 amide bonds. The third kappa shape index (κ3) is 3.04. The Balaban J connectivity index is 1.44. The predicted octanol–water partition coefficient (Wildman–Crippen LogP) is 2.16. The van der Waals surface area contributed by atoms with Gasteiger partial charge in [-0.25, -0.2) is 0 Å². The van der Waals surface area contributed by atoms with E-state index >= 15 is 0 Å². The highest BCUT2D eigenvalue weighted by atomic mass is 35.5. The van der Waals surface area contributed by atoms with Crippen LogP contribution < -0.4 is 0 Å². The van der Waals surface area contributed by atoms with Gasteiger partial charge in [0, 0.05) is 67.2 Å². The number of aromatic nitrogens is 1. The predicted molar refractivity (Wildman–Crippen MR) is 94.1 cm³/mol.